The molecule has 0 aliphatic carbocycles. The fourth-order valence-corrected chi connectivity index (χ4v) is 3.57. The first-order valence-corrected chi connectivity index (χ1v) is 10.9. The van der Waals surface area contributed by atoms with Crippen LogP contribution in [-0.4, -0.2) is 36.4 Å². The molecule has 3 aromatic rings. The van der Waals surface area contributed by atoms with Crippen LogP contribution in [0.3, 0.4) is 0 Å². The van der Waals surface area contributed by atoms with Gasteiger partial charge in [-0.15, -0.1) is 0 Å². The number of aliphatic imine (C=N–C) groups is 1. The van der Waals surface area contributed by atoms with Crippen molar-refractivity contribution in [1.29, 1.82) is 0 Å². The van der Waals surface area contributed by atoms with Gasteiger partial charge in [-0.3, -0.25) is 14.6 Å². The zero-order chi connectivity index (χ0) is 23.6. The molecule has 0 aliphatic rings. The van der Waals surface area contributed by atoms with Crippen molar-refractivity contribution in [2.75, 3.05) is 11.9 Å². The minimum Gasteiger partial charge on any atom is -0.370 e. The van der Waals surface area contributed by atoms with Crippen LogP contribution in [0.5, 0.6) is 0 Å². The fraction of sp³-hybridized carbons (Fsp3) is 0.240. The molecule has 33 heavy (non-hydrogen) atoms. The number of hydrogen-bond acceptors (Lipinski definition) is 4. The van der Waals surface area contributed by atoms with E-state index >= 15 is 0 Å². The highest BCUT2D eigenvalue weighted by atomic mass is 16.2. The Bertz CT molecular complexity index is 1110. The first kappa shape index (κ1) is 23.7. The number of anilines is 1. The van der Waals surface area contributed by atoms with Crippen LogP contribution < -0.4 is 27.8 Å². The number of rotatable bonds is 10. The standard InChI is InChI=1S/C25H30N6O2/c26-20(16-17-8-2-1-3-9-17)23(32)31-22(14-7-15-29-25(27)28)24(33)30-21-13-6-11-18-10-4-5-12-19(18)21/h1-6,8-13,20,22H,7,14-16,26H2,(H,30,33)(H,31,32)(H4,27,28,29). The highest BCUT2D eigenvalue weighted by Crippen LogP contribution is 2.23. The van der Waals surface area contributed by atoms with Gasteiger partial charge in [-0.05, 0) is 36.3 Å². The Labute approximate surface area is 193 Å². The number of nitrogens with one attached hydrogen (secondary N) is 2. The molecule has 0 aliphatic heterocycles. The number of guanidine groups is 1. The Morgan fingerprint density at radius 3 is 2.33 bits per heavy atom. The summed E-state index contributed by atoms with van der Waals surface area (Å²) < 4.78 is 0. The maximum absolute atomic E-state index is 13.1. The van der Waals surface area contributed by atoms with Crippen molar-refractivity contribution >= 4 is 34.2 Å². The summed E-state index contributed by atoms with van der Waals surface area (Å²) in [6.45, 7) is 0.353. The molecule has 2 unspecified atom stereocenters. The number of nitrogens with zero attached hydrogens (tertiary/aromatic N) is 1. The number of fused-ring (bicyclic) bond motifs is 1. The highest BCUT2D eigenvalue weighted by Gasteiger charge is 2.24. The van der Waals surface area contributed by atoms with E-state index in [1.165, 1.54) is 0 Å². The van der Waals surface area contributed by atoms with Gasteiger partial charge >= 0.3 is 0 Å². The summed E-state index contributed by atoms with van der Waals surface area (Å²) in [5, 5.41) is 7.68. The number of carbonyl (C=O) groups excluding carboxylic acids is 2. The second-order valence-corrected chi connectivity index (χ2v) is 7.82. The van der Waals surface area contributed by atoms with Gasteiger partial charge in [0.25, 0.3) is 0 Å². The summed E-state index contributed by atoms with van der Waals surface area (Å²) in [5.41, 5.74) is 18.5. The normalized spacial score (nSPS) is 12.5. The molecule has 2 atom stereocenters. The quantitative estimate of drug-likeness (QED) is 0.183. The molecule has 8 heteroatoms. The Hall–Kier alpha value is -3.91. The number of hydrogen-bond donors (Lipinski definition) is 5. The van der Waals surface area contributed by atoms with Crippen LogP contribution >= 0.6 is 0 Å². The summed E-state index contributed by atoms with van der Waals surface area (Å²) in [6, 6.07) is 21.4. The number of nitrogens with two attached hydrogens (primary N) is 3. The molecule has 0 heterocycles. The van der Waals surface area contributed by atoms with Gasteiger partial charge in [-0.1, -0.05) is 66.7 Å². The first-order chi connectivity index (χ1) is 15.9. The largest absolute Gasteiger partial charge is 0.370 e. The van der Waals surface area contributed by atoms with Crippen molar-refractivity contribution < 1.29 is 9.59 Å². The lowest BCUT2D eigenvalue weighted by Gasteiger charge is -2.21. The second kappa shape index (κ2) is 11.6. The molecule has 0 fully saturated rings. The van der Waals surface area contributed by atoms with Gasteiger partial charge in [0.1, 0.15) is 6.04 Å². The molecule has 0 spiro atoms. The average molecular weight is 447 g/mol. The van der Waals surface area contributed by atoms with Crippen molar-refractivity contribution in [2.45, 2.75) is 31.3 Å². The Morgan fingerprint density at radius 2 is 1.58 bits per heavy atom. The van der Waals surface area contributed by atoms with Crippen molar-refractivity contribution in [2.24, 2.45) is 22.2 Å². The van der Waals surface area contributed by atoms with E-state index in [9.17, 15) is 9.59 Å². The average Bonchev–Trinajstić information content (AvgIpc) is 2.81. The lowest BCUT2D eigenvalue weighted by atomic mass is 10.0. The van der Waals surface area contributed by atoms with Gasteiger partial charge < -0.3 is 27.8 Å². The summed E-state index contributed by atoms with van der Waals surface area (Å²) in [5.74, 6) is -0.726. The molecule has 0 saturated carbocycles. The van der Waals surface area contributed by atoms with Crippen molar-refractivity contribution in [3.63, 3.8) is 0 Å². The van der Waals surface area contributed by atoms with Crippen LogP contribution in [0.4, 0.5) is 5.69 Å². The lowest BCUT2D eigenvalue weighted by molar-refractivity contribution is -0.127. The van der Waals surface area contributed by atoms with E-state index in [2.05, 4.69) is 15.6 Å². The van der Waals surface area contributed by atoms with Crippen LogP contribution in [0.2, 0.25) is 0 Å². The maximum Gasteiger partial charge on any atom is 0.246 e. The predicted octanol–water partition coefficient (Wildman–Crippen LogP) is 1.89. The highest BCUT2D eigenvalue weighted by molar-refractivity contribution is 6.04. The molecule has 0 saturated heterocycles. The van der Waals surface area contributed by atoms with E-state index in [0.717, 1.165) is 16.3 Å². The lowest BCUT2D eigenvalue weighted by Crippen LogP contribution is -2.50. The maximum atomic E-state index is 13.1. The summed E-state index contributed by atoms with van der Waals surface area (Å²) in [4.78, 5) is 29.9. The van der Waals surface area contributed by atoms with E-state index in [4.69, 9.17) is 17.2 Å². The number of benzene rings is 3. The molecular formula is C25H30N6O2. The van der Waals surface area contributed by atoms with Crippen LogP contribution in [0.1, 0.15) is 18.4 Å². The smallest absolute Gasteiger partial charge is 0.246 e. The minimum atomic E-state index is -0.785. The van der Waals surface area contributed by atoms with Gasteiger partial charge in [0, 0.05) is 17.6 Å². The third-order valence-corrected chi connectivity index (χ3v) is 5.26. The van der Waals surface area contributed by atoms with Crippen molar-refractivity contribution in [1.82, 2.24) is 5.32 Å². The topological polar surface area (TPSA) is 149 Å². The van der Waals surface area contributed by atoms with Gasteiger partial charge in [-0.2, -0.15) is 0 Å². The minimum absolute atomic E-state index is 0.0133. The van der Waals surface area contributed by atoms with Gasteiger partial charge in [0.15, 0.2) is 5.96 Å². The van der Waals surface area contributed by atoms with Crippen LogP contribution in [0.25, 0.3) is 10.8 Å². The van der Waals surface area contributed by atoms with Crippen LogP contribution in [0.15, 0.2) is 77.8 Å². The molecule has 8 nitrogen and oxygen atoms in total. The van der Waals surface area contributed by atoms with Crippen molar-refractivity contribution in [3.05, 3.63) is 78.4 Å². The van der Waals surface area contributed by atoms with Crippen LogP contribution in [0, 0.1) is 0 Å². The van der Waals surface area contributed by atoms with E-state index in [-0.39, 0.29) is 11.9 Å². The molecule has 3 rings (SSSR count). The zero-order valence-electron chi connectivity index (χ0n) is 18.4. The third-order valence-electron chi connectivity index (χ3n) is 5.26. The van der Waals surface area contributed by atoms with E-state index in [1.807, 2.05) is 72.8 Å². The third kappa shape index (κ3) is 7.05. The molecule has 172 valence electrons. The van der Waals surface area contributed by atoms with E-state index < -0.39 is 18.0 Å². The van der Waals surface area contributed by atoms with E-state index in [1.54, 1.807) is 0 Å². The first-order valence-electron chi connectivity index (χ1n) is 10.9. The van der Waals surface area contributed by atoms with Gasteiger partial charge in [0.05, 0.1) is 6.04 Å². The Morgan fingerprint density at radius 1 is 0.879 bits per heavy atom. The number of carbonyl (C=O) groups is 2. The predicted molar refractivity (Wildman–Crippen MR) is 133 cm³/mol. The second-order valence-electron chi connectivity index (χ2n) is 7.82. The summed E-state index contributed by atoms with van der Waals surface area (Å²) in [7, 11) is 0. The molecule has 2 amide bonds. The van der Waals surface area contributed by atoms with Gasteiger partial charge in [-0.25, -0.2) is 0 Å². The summed E-state index contributed by atoms with van der Waals surface area (Å²) >= 11 is 0. The van der Waals surface area contributed by atoms with Crippen LogP contribution in [-0.2, 0) is 16.0 Å². The molecule has 8 N–H and O–H groups in total. The fourth-order valence-electron chi connectivity index (χ4n) is 3.57. The van der Waals surface area contributed by atoms with E-state index in [0.29, 0.717) is 31.5 Å². The monoisotopic (exact) mass is 446 g/mol. The number of amides is 2. The molecule has 0 bridgehead atoms. The van der Waals surface area contributed by atoms with Crippen molar-refractivity contribution in [3.8, 4) is 0 Å². The molecule has 0 radical (unpaired) electrons. The molecule has 0 aromatic heterocycles. The molecular weight excluding hydrogens is 416 g/mol. The van der Waals surface area contributed by atoms with Gasteiger partial charge in [0.2, 0.25) is 11.8 Å². The Kier molecular flexibility index (Phi) is 8.37. The zero-order valence-corrected chi connectivity index (χ0v) is 18.4. The Balaban J connectivity index is 1.71. The SMILES string of the molecule is NC(N)=NCCCC(NC(=O)C(N)Cc1ccccc1)C(=O)Nc1cccc2ccccc12. The summed E-state index contributed by atoms with van der Waals surface area (Å²) in [6.07, 6.45) is 1.25. The molecule has 3 aromatic carbocycles.